The van der Waals surface area contributed by atoms with Crippen LogP contribution in [0.4, 0.5) is 11.4 Å². The molecule has 9 nitrogen and oxygen atoms in total. The van der Waals surface area contributed by atoms with E-state index in [9.17, 15) is 23.3 Å². The molecule has 31 heavy (non-hydrogen) atoms. The van der Waals surface area contributed by atoms with Gasteiger partial charge in [0.2, 0.25) is 5.91 Å². The second-order valence-electron chi connectivity index (χ2n) is 7.46. The summed E-state index contributed by atoms with van der Waals surface area (Å²) < 4.78 is 33.0. The Morgan fingerprint density at radius 1 is 1.19 bits per heavy atom. The van der Waals surface area contributed by atoms with Crippen molar-refractivity contribution in [3.05, 3.63) is 58.1 Å². The van der Waals surface area contributed by atoms with E-state index in [1.54, 1.807) is 12.1 Å². The third kappa shape index (κ3) is 5.13. The molecule has 1 amide bonds. The summed E-state index contributed by atoms with van der Waals surface area (Å²) in [4.78, 5) is 23.1. The van der Waals surface area contributed by atoms with E-state index in [4.69, 9.17) is 4.74 Å². The predicted molar refractivity (Wildman–Crippen MR) is 116 cm³/mol. The molecule has 3 rings (SSSR count). The van der Waals surface area contributed by atoms with Crippen molar-refractivity contribution in [3.63, 3.8) is 0 Å². The summed E-state index contributed by atoms with van der Waals surface area (Å²) in [6, 6.07) is 9.99. The fourth-order valence-electron chi connectivity index (χ4n) is 3.61. The van der Waals surface area contributed by atoms with E-state index in [1.165, 1.54) is 38.3 Å². The van der Waals surface area contributed by atoms with Crippen molar-refractivity contribution < 1.29 is 22.9 Å². The molecule has 0 saturated heterocycles. The van der Waals surface area contributed by atoms with E-state index in [1.807, 2.05) is 0 Å². The topological polar surface area (TPSA) is 119 Å². The zero-order valence-corrected chi connectivity index (χ0v) is 18.2. The number of hydrogen-bond donors (Lipinski definition) is 1. The van der Waals surface area contributed by atoms with Gasteiger partial charge in [0.25, 0.3) is 15.7 Å². The van der Waals surface area contributed by atoms with E-state index in [2.05, 4.69) is 5.32 Å². The minimum atomic E-state index is -4.25. The summed E-state index contributed by atoms with van der Waals surface area (Å²) in [5.41, 5.74) is 0.302. The van der Waals surface area contributed by atoms with E-state index in [0.29, 0.717) is 11.3 Å². The number of carbonyl (C=O) groups excluding carboxylic acids is 1. The molecule has 0 atom stereocenters. The molecular formula is C21H25N3O6S. The summed E-state index contributed by atoms with van der Waals surface area (Å²) in [5, 5.41) is 14.2. The van der Waals surface area contributed by atoms with Gasteiger partial charge in [0.1, 0.15) is 12.3 Å². The van der Waals surface area contributed by atoms with Gasteiger partial charge in [0.05, 0.1) is 22.6 Å². The molecule has 0 unspecified atom stereocenters. The first-order chi connectivity index (χ1) is 14.7. The highest BCUT2D eigenvalue weighted by atomic mass is 32.2. The minimum absolute atomic E-state index is 0.0355. The van der Waals surface area contributed by atoms with Crippen molar-refractivity contribution in [1.29, 1.82) is 0 Å². The van der Waals surface area contributed by atoms with Gasteiger partial charge >= 0.3 is 0 Å². The van der Waals surface area contributed by atoms with E-state index < -0.39 is 27.4 Å². The van der Waals surface area contributed by atoms with Gasteiger partial charge in [-0.2, -0.15) is 0 Å². The number of methoxy groups -OCH3 is 1. The summed E-state index contributed by atoms with van der Waals surface area (Å²) in [5.74, 6) is 0.107. The molecule has 0 spiro atoms. The molecule has 1 saturated carbocycles. The molecule has 1 aliphatic rings. The first-order valence-corrected chi connectivity index (χ1v) is 11.4. The van der Waals surface area contributed by atoms with Gasteiger partial charge in [-0.1, -0.05) is 18.9 Å². The van der Waals surface area contributed by atoms with Crippen LogP contribution in [0.1, 0.15) is 31.2 Å². The molecule has 0 aliphatic heterocycles. The maximum absolute atomic E-state index is 13.4. The maximum atomic E-state index is 13.4. The van der Waals surface area contributed by atoms with Crippen LogP contribution in [0.3, 0.4) is 0 Å². The Morgan fingerprint density at radius 3 is 2.42 bits per heavy atom. The van der Waals surface area contributed by atoms with Gasteiger partial charge in [-0.05, 0) is 50.1 Å². The van der Waals surface area contributed by atoms with E-state index in [0.717, 1.165) is 36.1 Å². The smallest absolute Gasteiger partial charge is 0.273 e. The Hall–Kier alpha value is -3.14. The number of nitrogens with zero attached hydrogens (tertiary/aromatic N) is 2. The Balaban J connectivity index is 1.98. The standard InChI is InChI=1S/C21H25N3O6S/c1-15-7-12-19(13-20(15)24(26)27)31(28,29)23(17-8-10-18(30-2)11-9-17)14-21(25)22-16-5-3-4-6-16/h7-13,16H,3-6,14H2,1-2H3,(H,22,25). The third-order valence-corrected chi connectivity index (χ3v) is 7.10. The van der Waals surface area contributed by atoms with Crippen LogP contribution >= 0.6 is 0 Å². The molecule has 0 bridgehead atoms. The zero-order chi connectivity index (χ0) is 22.6. The van der Waals surface area contributed by atoms with Crippen LogP contribution in [0.5, 0.6) is 5.75 Å². The maximum Gasteiger partial charge on any atom is 0.273 e. The van der Waals surface area contributed by atoms with Crippen molar-refractivity contribution in [2.24, 2.45) is 0 Å². The zero-order valence-electron chi connectivity index (χ0n) is 17.4. The first-order valence-electron chi connectivity index (χ1n) is 9.93. The highest BCUT2D eigenvalue weighted by molar-refractivity contribution is 7.92. The van der Waals surface area contributed by atoms with Gasteiger partial charge in [-0.15, -0.1) is 0 Å². The number of aryl methyl sites for hydroxylation is 1. The van der Waals surface area contributed by atoms with Crippen molar-refractivity contribution in [1.82, 2.24) is 5.32 Å². The number of amides is 1. The van der Waals surface area contributed by atoms with Crippen LogP contribution in [-0.2, 0) is 14.8 Å². The third-order valence-electron chi connectivity index (χ3n) is 5.33. The lowest BCUT2D eigenvalue weighted by Gasteiger charge is -2.25. The molecule has 1 aliphatic carbocycles. The number of nitro groups is 1. The number of carbonyl (C=O) groups is 1. The predicted octanol–water partition coefficient (Wildman–Crippen LogP) is 3.17. The highest BCUT2D eigenvalue weighted by Crippen LogP contribution is 2.29. The summed E-state index contributed by atoms with van der Waals surface area (Å²) in [6.07, 6.45) is 3.79. The monoisotopic (exact) mass is 447 g/mol. The molecule has 1 N–H and O–H groups in total. The molecule has 0 radical (unpaired) electrons. The summed E-state index contributed by atoms with van der Waals surface area (Å²) in [7, 11) is -2.76. The lowest BCUT2D eigenvalue weighted by atomic mass is 10.2. The van der Waals surface area contributed by atoms with Crippen molar-refractivity contribution in [2.45, 2.75) is 43.5 Å². The van der Waals surface area contributed by atoms with Crippen molar-refractivity contribution >= 4 is 27.3 Å². The Morgan fingerprint density at radius 2 is 1.84 bits per heavy atom. The van der Waals surface area contributed by atoms with Crippen LogP contribution in [0.2, 0.25) is 0 Å². The lowest BCUT2D eigenvalue weighted by molar-refractivity contribution is -0.385. The normalized spacial score (nSPS) is 14.3. The molecule has 10 heteroatoms. The van der Waals surface area contributed by atoms with Crippen LogP contribution in [0.15, 0.2) is 47.4 Å². The van der Waals surface area contributed by atoms with Gasteiger partial charge in [0.15, 0.2) is 0 Å². The quantitative estimate of drug-likeness (QED) is 0.490. The van der Waals surface area contributed by atoms with Gasteiger partial charge in [0, 0.05) is 17.7 Å². The molecule has 166 valence electrons. The molecular weight excluding hydrogens is 422 g/mol. The summed E-state index contributed by atoms with van der Waals surface area (Å²) in [6.45, 7) is 1.09. The number of anilines is 1. The molecule has 1 fully saturated rings. The second-order valence-corrected chi connectivity index (χ2v) is 9.33. The second kappa shape index (κ2) is 9.34. The van der Waals surface area contributed by atoms with E-state index >= 15 is 0 Å². The number of ether oxygens (including phenoxy) is 1. The van der Waals surface area contributed by atoms with Crippen LogP contribution < -0.4 is 14.4 Å². The van der Waals surface area contributed by atoms with Gasteiger partial charge < -0.3 is 10.1 Å². The highest BCUT2D eigenvalue weighted by Gasteiger charge is 2.30. The fourth-order valence-corrected chi connectivity index (χ4v) is 5.05. The number of nitro benzene ring substituents is 1. The fraction of sp³-hybridized carbons (Fsp3) is 0.381. The number of hydrogen-bond acceptors (Lipinski definition) is 6. The largest absolute Gasteiger partial charge is 0.497 e. The average Bonchev–Trinajstić information content (AvgIpc) is 3.25. The molecule has 2 aromatic rings. The van der Waals surface area contributed by atoms with Crippen LogP contribution in [0, 0.1) is 17.0 Å². The summed E-state index contributed by atoms with van der Waals surface area (Å²) >= 11 is 0. The average molecular weight is 448 g/mol. The lowest BCUT2D eigenvalue weighted by Crippen LogP contribution is -2.43. The molecule has 2 aromatic carbocycles. The van der Waals surface area contributed by atoms with E-state index in [-0.39, 0.29) is 22.3 Å². The number of sulfonamides is 1. The minimum Gasteiger partial charge on any atom is -0.497 e. The Bertz CT molecular complexity index is 1060. The SMILES string of the molecule is COc1ccc(N(CC(=O)NC2CCCC2)S(=O)(=O)c2ccc(C)c([N+](=O)[O-])c2)cc1. The first kappa shape index (κ1) is 22.5. The number of nitrogens with one attached hydrogen (secondary N) is 1. The molecule has 0 aromatic heterocycles. The van der Waals surface area contributed by atoms with Gasteiger partial charge in [-0.3, -0.25) is 19.2 Å². The van der Waals surface area contributed by atoms with Crippen LogP contribution in [-0.4, -0.2) is 38.9 Å². The Labute approximate surface area is 181 Å². The number of rotatable bonds is 8. The molecule has 0 heterocycles. The van der Waals surface area contributed by atoms with Crippen LogP contribution in [0.25, 0.3) is 0 Å². The number of benzene rings is 2. The Kier molecular flexibility index (Phi) is 6.79. The van der Waals surface area contributed by atoms with Crippen molar-refractivity contribution in [2.75, 3.05) is 18.0 Å². The van der Waals surface area contributed by atoms with Gasteiger partial charge in [-0.25, -0.2) is 8.42 Å². The van der Waals surface area contributed by atoms with Crippen molar-refractivity contribution in [3.8, 4) is 5.75 Å².